The third-order valence-electron chi connectivity index (χ3n) is 7.05. The highest BCUT2D eigenvalue weighted by atomic mass is 32.1. The molecular formula is C29H37N5S. The molecule has 3 aromatic rings. The number of hydrogen-bond donors (Lipinski definition) is 2. The van der Waals surface area contributed by atoms with Gasteiger partial charge in [0.15, 0.2) is 0 Å². The molecule has 0 bridgehead atoms. The van der Waals surface area contributed by atoms with E-state index in [-0.39, 0.29) is 0 Å². The summed E-state index contributed by atoms with van der Waals surface area (Å²) in [4.78, 5) is 11.5. The number of benzene rings is 1. The molecule has 2 aromatic heterocycles. The van der Waals surface area contributed by atoms with E-state index in [0.29, 0.717) is 6.04 Å². The summed E-state index contributed by atoms with van der Waals surface area (Å²) in [6.45, 7) is 12.5. The van der Waals surface area contributed by atoms with Crippen LogP contribution >= 0.6 is 11.3 Å². The van der Waals surface area contributed by atoms with E-state index in [9.17, 15) is 0 Å². The summed E-state index contributed by atoms with van der Waals surface area (Å²) in [5, 5.41) is 6.84. The van der Waals surface area contributed by atoms with Gasteiger partial charge in [0.25, 0.3) is 0 Å². The van der Waals surface area contributed by atoms with Crippen LogP contribution in [-0.4, -0.2) is 50.3 Å². The Bertz CT molecular complexity index is 1200. The van der Waals surface area contributed by atoms with Gasteiger partial charge in [-0.05, 0) is 61.9 Å². The molecule has 2 fully saturated rings. The molecule has 5 nitrogen and oxygen atoms in total. The molecule has 2 N–H and O–H groups in total. The highest BCUT2D eigenvalue weighted by Gasteiger charge is 2.30. The van der Waals surface area contributed by atoms with Gasteiger partial charge in [-0.15, -0.1) is 11.3 Å². The zero-order chi connectivity index (χ0) is 24.2. The standard InChI is InChI=1S/C27H31N5S.C2H6/c1-19-16-24-27(33-19)26(32-13-3-5-25(32)21-4-2-10-29-18-21)17-23(30-24)20-6-8-22(9-7-20)31-14-11-28-12-15-31;1-2/h2,4,6-10,16-17,25,28-29H,3,5,11-15,18H2,1H3;1-2H3. The quantitative estimate of drug-likeness (QED) is 0.493. The molecule has 3 aliphatic heterocycles. The Hall–Kier alpha value is -2.83. The van der Waals surface area contributed by atoms with Gasteiger partial charge >= 0.3 is 0 Å². The van der Waals surface area contributed by atoms with Crippen molar-refractivity contribution in [2.45, 2.75) is 39.7 Å². The number of aromatic nitrogens is 1. The van der Waals surface area contributed by atoms with Crippen LogP contribution in [0.1, 0.15) is 31.6 Å². The molecule has 1 atom stereocenters. The predicted octanol–water partition coefficient (Wildman–Crippen LogP) is 5.72. The van der Waals surface area contributed by atoms with Crippen molar-refractivity contribution in [3.8, 4) is 11.3 Å². The maximum absolute atomic E-state index is 5.10. The van der Waals surface area contributed by atoms with E-state index < -0.39 is 0 Å². The molecule has 0 aliphatic carbocycles. The van der Waals surface area contributed by atoms with E-state index in [0.717, 1.165) is 50.5 Å². The number of nitrogens with zero attached hydrogens (tertiary/aromatic N) is 3. The van der Waals surface area contributed by atoms with Crippen LogP contribution in [0.25, 0.3) is 21.5 Å². The lowest BCUT2D eigenvalue weighted by atomic mass is 10.0. The van der Waals surface area contributed by atoms with Crippen molar-refractivity contribution in [3.05, 3.63) is 65.2 Å². The van der Waals surface area contributed by atoms with Crippen molar-refractivity contribution >= 4 is 32.9 Å². The Morgan fingerprint density at radius 1 is 1.03 bits per heavy atom. The van der Waals surface area contributed by atoms with Crippen LogP contribution in [0, 0.1) is 6.92 Å². The number of hydrogen-bond acceptors (Lipinski definition) is 6. The van der Waals surface area contributed by atoms with Crippen molar-refractivity contribution < 1.29 is 0 Å². The summed E-state index contributed by atoms with van der Waals surface area (Å²) >= 11 is 1.87. The molecule has 1 aromatic carbocycles. The molecule has 35 heavy (non-hydrogen) atoms. The van der Waals surface area contributed by atoms with Crippen LogP contribution in [0.2, 0.25) is 0 Å². The lowest BCUT2D eigenvalue weighted by Gasteiger charge is -2.30. The number of aryl methyl sites for hydroxylation is 1. The van der Waals surface area contributed by atoms with Crippen LogP contribution in [0.3, 0.4) is 0 Å². The summed E-state index contributed by atoms with van der Waals surface area (Å²) in [5.74, 6) is 0. The van der Waals surface area contributed by atoms with Gasteiger partial charge in [-0.2, -0.15) is 0 Å². The number of piperazine rings is 1. The fourth-order valence-electron chi connectivity index (χ4n) is 5.40. The molecule has 184 valence electrons. The molecule has 6 rings (SSSR count). The van der Waals surface area contributed by atoms with Gasteiger partial charge in [-0.25, -0.2) is 4.98 Å². The van der Waals surface area contributed by atoms with Crippen molar-refractivity contribution in [2.24, 2.45) is 0 Å². The van der Waals surface area contributed by atoms with Crippen LogP contribution in [0.5, 0.6) is 0 Å². The zero-order valence-corrected chi connectivity index (χ0v) is 22.0. The second kappa shape index (κ2) is 10.8. The average molecular weight is 488 g/mol. The number of allylic oxidation sites excluding steroid dienone is 2. The summed E-state index contributed by atoms with van der Waals surface area (Å²) < 4.78 is 1.32. The summed E-state index contributed by atoms with van der Waals surface area (Å²) in [5.41, 5.74) is 7.52. The molecule has 0 amide bonds. The first kappa shape index (κ1) is 23.9. The zero-order valence-electron chi connectivity index (χ0n) is 21.2. The van der Waals surface area contributed by atoms with Crippen molar-refractivity contribution in [1.29, 1.82) is 0 Å². The first-order valence-electron chi connectivity index (χ1n) is 13.1. The Kier molecular flexibility index (Phi) is 7.40. The SMILES string of the molecule is CC.Cc1cc2nc(-c3ccc(N4CCNCC4)cc3)cc(N3CCCC3C3=CC=CNC3)c2s1. The van der Waals surface area contributed by atoms with Crippen LogP contribution in [0.4, 0.5) is 11.4 Å². The highest BCUT2D eigenvalue weighted by Crippen LogP contribution is 2.40. The van der Waals surface area contributed by atoms with Crippen LogP contribution in [0.15, 0.2) is 60.3 Å². The topological polar surface area (TPSA) is 43.4 Å². The third kappa shape index (κ3) is 4.95. The number of thiophene rings is 1. The Balaban J connectivity index is 0.00000124. The first-order chi connectivity index (χ1) is 17.3. The van der Waals surface area contributed by atoms with Gasteiger partial charge in [-0.3, -0.25) is 0 Å². The molecule has 0 spiro atoms. The Morgan fingerprint density at radius 3 is 2.57 bits per heavy atom. The molecule has 3 aliphatic rings. The molecule has 0 saturated carbocycles. The van der Waals surface area contributed by atoms with Crippen molar-refractivity contribution in [1.82, 2.24) is 15.6 Å². The smallest absolute Gasteiger partial charge is 0.0841 e. The van der Waals surface area contributed by atoms with E-state index in [1.165, 1.54) is 44.9 Å². The second-order valence-corrected chi connectivity index (χ2v) is 10.5. The molecule has 2 saturated heterocycles. The third-order valence-corrected chi connectivity index (χ3v) is 8.11. The molecule has 5 heterocycles. The van der Waals surface area contributed by atoms with Crippen LogP contribution in [-0.2, 0) is 0 Å². The van der Waals surface area contributed by atoms with Gasteiger partial charge in [-0.1, -0.05) is 32.1 Å². The highest BCUT2D eigenvalue weighted by molar-refractivity contribution is 7.19. The number of anilines is 2. The van der Waals surface area contributed by atoms with Crippen LogP contribution < -0.4 is 20.4 Å². The molecular weight excluding hydrogens is 450 g/mol. The molecule has 0 radical (unpaired) electrons. The van der Waals surface area contributed by atoms with Gasteiger partial charge < -0.3 is 20.4 Å². The Morgan fingerprint density at radius 2 is 1.83 bits per heavy atom. The monoisotopic (exact) mass is 487 g/mol. The minimum absolute atomic E-state index is 0.457. The van der Waals surface area contributed by atoms with Crippen molar-refractivity contribution in [3.63, 3.8) is 0 Å². The van der Waals surface area contributed by atoms with E-state index in [4.69, 9.17) is 4.98 Å². The average Bonchev–Trinajstić information content (AvgIpc) is 3.56. The van der Waals surface area contributed by atoms with E-state index in [1.54, 1.807) is 0 Å². The summed E-state index contributed by atoms with van der Waals surface area (Å²) in [7, 11) is 0. The van der Waals surface area contributed by atoms with E-state index in [2.05, 4.69) is 75.9 Å². The largest absolute Gasteiger partial charge is 0.387 e. The minimum atomic E-state index is 0.457. The number of nitrogens with one attached hydrogen (secondary N) is 2. The van der Waals surface area contributed by atoms with Gasteiger partial charge in [0.1, 0.15) is 0 Å². The van der Waals surface area contributed by atoms with E-state index >= 15 is 0 Å². The maximum Gasteiger partial charge on any atom is 0.0841 e. The summed E-state index contributed by atoms with van der Waals surface area (Å²) in [6.07, 6.45) is 8.92. The number of fused-ring (bicyclic) bond motifs is 1. The lowest BCUT2D eigenvalue weighted by Crippen LogP contribution is -2.43. The van der Waals surface area contributed by atoms with Gasteiger partial charge in [0, 0.05) is 55.4 Å². The lowest BCUT2D eigenvalue weighted by molar-refractivity contribution is 0.589. The maximum atomic E-state index is 5.10. The first-order valence-corrected chi connectivity index (χ1v) is 13.9. The molecule has 6 heteroatoms. The fourth-order valence-corrected chi connectivity index (χ4v) is 6.38. The van der Waals surface area contributed by atoms with Crippen molar-refractivity contribution in [2.75, 3.05) is 49.1 Å². The number of rotatable bonds is 4. The Labute approximate surface area is 213 Å². The fraction of sp³-hybridized carbons (Fsp3) is 0.414. The predicted molar refractivity (Wildman–Crippen MR) is 152 cm³/mol. The van der Waals surface area contributed by atoms with Gasteiger partial charge in [0.2, 0.25) is 0 Å². The van der Waals surface area contributed by atoms with E-state index in [1.807, 2.05) is 31.4 Å². The number of dihydropyridines is 1. The number of pyridine rings is 1. The minimum Gasteiger partial charge on any atom is -0.387 e. The molecule has 1 unspecified atom stereocenters. The van der Waals surface area contributed by atoms with Gasteiger partial charge in [0.05, 0.1) is 27.6 Å². The second-order valence-electron chi connectivity index (χ2n) is 9.21. The summed E-state index contributed by atoms with van der Waals surface area (Å²) in [6, 6.07) is 14.0. The normalized spacial score (nSPS) is 19.9.